The lowest BCUT2D eigenvalue weighted by molar-refractivity contribution is -0.173. The maximum absolute atomic E-state index is 11.9. The van der Waals surface area contributed by atoms with E-state index in [1.807, 2.05) is 0 Å². The van der Waals surface area contributed by atoms with Gasteiger partial charge in [-0.3, -0.25) is 0 Å². The second-order valence-electron chi connectivity index (χ2n) is 4.50. The number of aliphatic carboxylic acids is 1. The minimum absolute atomic E-state index is 0.0641. The highest BCUT2D eigenvalue weighted by Gasteiger charge is 2.34. The lowest BCUT2D eigenvalue weighted by Crippen LogP contribution is -2.18. The van der Waals surface area contributed by atoms with E-state index in [2.05, 4.69) is 14.9 Å². The van der Waals surface area contributed by atoms with E-state index in [9.17, 15) is 18.0 Å². The number of hydrogen-bond donors (Lipinski definition) is 1. The largest absolute Gasteiger partial charge is 0.479 e. The second-order valence-corrected chi connectivity index (χ2v) is 4.50. The van der Waals surface area contributed by atoms with Gasteiger partial charge < -0.3 is 19.1 Å². The number of hydrogen-bond acceptors (Lipinski definition) is 6. The van der Waals surface area contributed by atoms with Crippen molar-refractivity contribution in [1.82, 2.24) is 10.1 Å². The van der Waals surface area contributed by atoms with Crippen molar-refractivity contribution in [3.05, 3.63) is 11.7 Å². The van der Waals surface area contributed by atoms with Crippen LogP contribution < -0.4 is 0 Å². The third-order valence-corrected chi connectivity index (χ3v) is 2.79. The highest BCUT2D eigenvalue weighted by Crippen LogP contribution is 2.31. The molecule has 0 spiro atoms. The maximum atomic E-state index is 11.9. The Morgan fingerprint density at radius 2 is 2.19 bits per heavy atom. The minimum atomic E-state index is -4.37. The highest BCUT2D eigenvalue weighted by atomic mass is 19.4. The first-order chi connectivity index (χ1) is 9.85. The molecule has 0 aliphatic carbocycles. The zero-order chi connectivity index (χ0) is 15.5. The Balaban J connectivity index is 1.78. The molecule has 2 atom stereocenters. The molecule has 0 bridgehead atoms. The van der Waals surface area contributed by atoms with Crippen LogP contribution in [0.5, 0.6) is 0 Å². The summed E-state index contributed by atoms with van der Waals surface area (Å²) in [6, 6.07) is 0. The summed E-state index contributed by atoms with van der Waals surface area (Å²) in [5, 5.41) is 12.4. The molecule has 7 nitrogen and oxygen atoms in total. The van der Waals surface area contributed by atoms with E-state index in [1.165, 1.54) is 0 Å². The lowest BCUT2D eigenvalue weighted by atomic mass is 10.2. The molecule has 0 radical (unpaired) electrons. The molecule has 0 aromatic carbocycles. The van der Waals surface area contributed by atoms with Crippen LogP contribution >= 0.6 is 0 Å². The molecule has 21 heavy (non-hydrogen) atoms. The molecule has 1 aliphatic rings. The van der Waals surface area contributed by atoms with Crippen molar-refractivity contribution in [2.75, 3.05) is 13.2 Å². The Bertz CT molecular complexity index is 490. The van der Waals surface area contributed by atoms with Gasteiger partial charge in [0.05, 0.1) is 6.61 Å². The molecule has 2 rings (SSSR count). The molecule has 1 aliphatic heterocycles. The van der Waals surface area contributed by atoms with Crippen molar-refractivity contribution in [3.63, 3.8) is 0 Å². The number of carboxylic acid groups (broad SMARTS) is 1. The third-order valence-electron chi connectivity index (χ3n) is 2.79. The van der Waals surface area contributed by atoms with Crippen LogP contribution in [0.2, 0.25) is 0 Å². The molecule has 118 valence electrons. The Morgan fingerprint density at radius 1 is 1.43 bits per heavy atom. The average molecular weight is 310 g/mol. The van der Waals surface area contributed by atoms with Gasteiger partial charge in [-0.05, 0) is 12.8 Å². The summed E-state index contributed by atoms with van der Waals surface area (Å²) in [5.41, 5.74) is 0. The Kier molecular flexibility index (Phi) is 4.78. The number of rotatable bonds is 6. The van der Waals surface area contributed by atoms with Gasteiger partial charge in [-0.2, -0.15) is 18.2 Å². The smallest absolute Gasteiger partial charge is 0.411 e. The van der Waals surface area contributed by atoms with E-state index in [1.54, 1.807) is 0 Å². The van der Waals surface area contributed by atoms with Crippen molar-refractivity contribution in [3.8, 4) is 0 Å². The highest BCUT2D eigenvalue weighted by molar-refractivity contribution is 5.72. The van der Waals surface area contributed by atoms with Gasteiger partial charge in [0.25, 0.3) is 5.89 Å². The maximum Gasteiger partial charge on any atom is 0.411 e. The molecule has 2 unspecified atom stereocenters. The summed E-state index contributed by atoms with van der Waals surface area (Å²) >= 11 is 0. The molecule has 10 heteroatoms. The Hall–Kier alpha value is -1.68. The summed E-state index contributed by atoms with van der Waals surface area (Å²) in [6.07, 6.45) is -5.03. The lowest BCUT2D eigenvalue weighted by Gasteiger charge is -2.06. The number of aromatic nitrogens is 2. The predicted molar refractivity (Wildman–Crippen MR) is 59.4 cm³/mol. The van der Waals surface area contributed by atoms with Crippen LogP contribution in [0.4, 0.5) is 13.2 Å². The van der Waals surface area contributed by atoms with E-state index in [4.69, 9.17) is 14.4 Å². The fourth-order valence-electron chi connectivity index (χ4n) is 1.85. The first-order valence-corrected chi connectivity index (χ1v) is 6.20. The molecule has 1 N–H and O–H groups in total. The van der Waals surface area contributed by atoms with Gasteiger partial charge in [-0.1, -0.05) is 5.16 Å². The van der Waals surface area contributed by atoms with Crippen molar-refractivity contribution in [2.24, 2.45) is 0 Å². The molecule has 1 aromatic heterocycles. The first kappa shape index (κ1) is 15.7. The summed E-state index contributed by atoms with van der Waals surface area (Å²) in [7, 11) is 0. The topological polar surface area (TPSA) is 94.7 Å². The van der Waals surface area contributed by atoms with Gasteiger partial charge in [0.2, 0.25) is 0 Å². The van der Waals surface area contributed by atoms with Gasteiger partial charge in [0, 0.05) is 6.42 Å². The molecule has 0 saturated carbocycles. The van der Waals surface area contributed by atoms with Gasteiger partial charge >= 0.3 is 12.1 Å². The number of ether oxygens (including phenoxy) is 2. The number of nitrogens with zero attached hydrogens (tertiary/aromatic N) is 2. The van der Waals surface area contributed by atoms with Crippen LogP contribution in [0.15, 0.2) is 4.52 Å². The second kappa shape index (κ2) is 6.39. The van der Waals surface area contributed by atoms with Crippen molar-refractivity contribution >= 4 is 5.97 Å². The zero-order valence-electron chi connectivity index (χ0n) is 10.8. The molecular formula is C11H13F3N2O5. The Morgan fingerprint density at radius 3 is 2.81 bits per heavy atom. The SMILES string of the molecule is O=C(O)C1CCC(c2nc(CCOCC(F)(F)F)no2)O1. The van der Waals surface area contributed by atoms with E-state index in [-0.39, 0.29) is 24.7 Å². The van der Waals surface area contributed by atoms with Crippen LogP contribution in [0.1, 0.15) is 30.7 Å². The van der Waals surface area contributed by atoms with E-state index in [0.717, 1.165) is 0 Å². The van der Waals surface area contributed by atoms with Crippen LogP contribution in [0.3, 0.4) is 0 Å². The predicted octanol–water partition coefficient (Wildman–Crippen LogP) is 1.50. The van der Waals surface area contributed by atoms with Crippen LogP contribution in [-0.2, 0) is 20.7 Å². The van der Waals surface area contributed by atoms with Gasteiger partial charge in [-0.15, -0.1) is 0 Å². The molecular weight excluding hydrogens is 297 g/mol. The average Bonchev–Trinajstić information content (AvgIpc) is 3.02. The summed E-state index contributed by atoms with van der Waals surface area (Å²) in [5.74, 6) is -0.739. The number of alkyl halides is 3. The van der Waals surface area contributed by atoms with Crippen LogP contribution in [-0.4, -0.2) is 46.7 Å². The monoisotopic (exact) mass is 310 g/mol. The van der Waals surface area contributed by atoms with E-state index < -0.39 is 31.0 Å². The van der Waals surface area contributed by atoms with E-state index >= 15 is 0 Å². The molecule has 1 saturated heterocycles. The summed E-state index contributed by atoms with van der Waals surface area (Å²) < 4.78 is 50.1. The first-order valence-electron chi connectivity index (χ1n) is 6.20. The molecule has 1 aromatic rings. The molecule has 2 heterocycles. The summed E-state index contributed by atoms with van der Waals surface area (Å²) in [6.45, 7) is -1.52. The fraction of sp³-hybridized carbons (Fsp3) is 0.727. The zero-order valence-corrected chi connectivity index (χ0v) is 10.8. The minimum Gasteiger partial charge on any atom is -0.479 e. The normalized spacial score (nSPS) is 22.6. The third kappa shape index (κ3) is 4.67. The number of carbonyl (C=O) groups is 1. The van der Waals surface area contributed by atoms with Crippen molar-refractivity contribution in [1.29, 1.82) is 0 Å². The number of carboxylic acids is 1. The quantitative estimate of drug-likeness (QED) is 0.795. The Labute approximate surface area is 117 Å². The van der Waals surface area contributed by atoms with E-state index in [0.29, 0.717) is 12.8 Å². The molecule has 0 amide bonds. The molecule has 1 fully saturated rings. The van der Waals surface area contributed by atoms with Gasteiger partial charge in [0.1, 0.15) is 12.7 Å². The van der Waals surface area contributed by atoms with Crippen LogP contribution in [0, 0.1) is 0 Å². The van der Waals surface area contributed by atoms with Crippen molar-refractivity contribution < 1.29 is 37.1 Å². The van der Waals surface area contributed by atoms with Crippen LogP contribution in [0.25, 0.3) is 0 Å². The standard InChI is InChI=1S/C11H13F3N2O5/c12-11(13,14)5-19-4-3-8-15-9(21-16-8)6-1-2-7(20-6)10(17)18/h6-7H,1-5H2,(H,17,18). The van der Waals surface area contributed by atoms with Gasteiger partial charge in [-0.25, -0.2) is 4.79 Å². The fourth-order valence-corrected chi connectivity index (χ4v) is 1.85. The van der Waals surface area contributed by atoms with Gasteiger partial charge in [0.15, 0.2) is 11.9 Å². The summed E-state index contributed by atoms with van der Waals surface area (Å²) in [4.78, 5) is 14.7. The number of halogens is 3. The van der Waals surface area contributed by atoms with Crippen molar-refractivity contribution in [2.45, 2.75) is 37.6 Å².